The third-order valence-electron chi connectivity index (χ3n) is 3.65. The molecule has 2 bridgehead atoms. The lowest BCUT2D eigenvalue weighted by atomic mass is 9.98. The molecule has 2 saturated heterocycles. The minimum absolute atomic E-state index is 0.836. The molecule has 13 heavy (non-hydrogen) atoms. The summed E-state index contributed by atoms with van der Waals surface area (Å²) >= 11 is 0. The van der Waals surface area contributed by atoms with Gasteiger partial charge in [0.05, 0.1) is 0 Å². The van der Waals surface area contributed by atoms with Gasteiger partial charge in [-0.1, -0.05) is 6.92 Å². The summed E-state index contributed by atoms with van der Waals surface area (Å²) in [6.45, 7) is 3.54. The minimum Gasteiger partial charge on any atom is -0.311 e. The summed E-state index contributed by atoms with van der Waals surface area (Å²) in [5.41, 5.74) is 0. The monoisotopic (exact) mass is 182 g/mol. The van der Waals surface area contributed by atoms with Crippen LogP contribution in [0.25, 0.3) is 0 Å². The second-order valence-electron chi connectivity index (χ2n) is 4.74. The topological polar surface area (TPSA) is 15.3 Å². The van der Waals surface area contributed by atoms with Crippen molar-refractivity contribution in [2.75, 3.05) is 13.6 Å². The molecule has 1 N–H and O–H groups in total. The first kappa shape index (κ1) is 9.47. The highest BCUT2D eigenvalue weighted by Crippen LogP contribution is 2.29. The Labute approximate surface area is 81.7 Å². The van der Waals surface area contributed by atoms with Crippen LogP contribution in [-0.4, -0.2) is 36.6 Å². The number of hydrogen-bond donors (Lipinski definition) is 1. The van der Waals surface area contributed by atoms with Crippen LogP contribution in [0.1, 0.15) is 39.0 Å². The lowest BCUT2D eigenvalue weighted by Gasteiger charge is -2.35. The van der Waals surface area contributed by atoms with E-state index in [0.29, 0.717) is 0 Å². The highest BCUT2D eigenvalue weighted by atomic mass is 15.2. The van der Waals surface area contributed by atoms with Crippen molar-refractivity contribution in [1.82, 2.24) is 10.2 Å². The third kappa shape index (κ3) is 2.05. The average molecular weight is 182 g/mol. The molecule has 2 fully saturated rings. The Morgan fingerprint density at radius 3 is 2.38 bits per heavy atom. The van der Waals surface area contributed by atoms with E-state index in [1.54, 1.807) is 0 Å². The van der Waals surface area contributed by atoms with Crippen LogP contribution in [0.3, 0.4) is 0 Å². The van der Waals surface area contributed by atoms with Crippen LogP contribution in [0.5, 0.6) is 0 Å². The first-order chi connectivity index (χ1) is 6.29. The van der Waals surface area contributed by atoms with Crippen LogP contribution in [-0.2, 0) is 0 Å². The molecule has 2 heterocycles. The Kier molecular flexibility index (Phi) is 2.89. The zero-order valence-electron chi connectivity index (χ0n) is 8.92. The van der Waals surface area contributed by atoms with Crippen molar-refractivity contribution in [3.05, 3.63) is 0 Å². The van der Waals surface area contributed by atoms with Crippen LogP contribution in [0.4, 0.5) is 0 Å². The van der Waals surface area contributed by atoms with Crippen molar-refractivity contribution in [2.45, 2.75) is 57.2 Å². The van der Waals surface area contributed by atoms with Gasteiger partial charge in [0.2, 0.25) is 0 Å². The standard InChI is InChI=1S/C11H22N2/c1-3-6-13(2)11-7-9-4-5-10(8-11)12-9/h9-12H,3-8H2,1-2H3. The summed E-state index contributed by atoms with van der Waals surface area (Å²) in [5, 5.41) is 3.69. The Balaban J connectivity index is 1.87. The molecule has 0 spiro atoms. The normalized spacial score (nSPS) is 38.5. The van der Waals surface area contributed by atoms with Crippen LogP contribution in [0, 0.1) is 0 Å². The van der Waals surface area contributed by atoms with Gasteiger partial charge in [0.15, 0.2) is 0 Å². The number of nitrogens with zero attached hydrogens (tertiary/aromatic N) is 1. The average Bonchev–Trinajstić information content (AvgIpc) is 2.46. The Hall–Kier alpha value is -0.0800. The van der Waals surface area contributed by atoms with E-state index in [4.69, 9.17) is 0 Å². The molecule has 76 valence electrons. The summed E-state index contributed by atoms with van der Waals surface area (Å²) in [5.74, 6) is 0. The van der Waals surface area contributed by atoms with Gasteiger partial charge >= 0.3 is 0 Å². The first-order valence-electron chi connectivity index (χ1n) is 5.76. The van der Waals surface area contributed by atoms with Gasteiger partial charge < -0.3 is 10.2 Å². The molecular formula is C11H22N2. The number of hydrogen-bond acceptors (Lipinski definition) is 2. The van der Waals surface area contributed by atoms with E-state index in [2.05, 4.69) is 24.2 Å². The molecule has 2 atom stereocenters. The Morgan fingerprint density at radius 1 is 1.23 bits per heavy atom. The van der Waals surface area contributed by atoms with Crippen molar-refractivity contribution in [3.8, 4) is 0 Å². The molecule has 2 aliphatic rings. The molecule has 0 aromatic carbocycles. The SMILES string of the molecule is CCCN(C)C1CC2CCC(C1)N2. The van der Waals surface area contributed by atoms with Crippen molar-refractivity contribution in [2.24, 2.45) is 0 Å². The number of nitrogens with one attached hydrogen (secondary N) is 1. The maximum Gasteiger partial charge on any atom is 0.0122 e. The van der Waals surface area contributed by atoms with Crippen LogP contribution < -0.4 is 5.32 Å². The van der Waals surface area contributed by atoms with Gasteiger partial charge in [-0.05, 0) is 45.7 Å². The number of fused-ring (bicyclic) bond motifs is 2. The van der Waals surface area contributed by atoms with Crippen molar-refractivity contribution in [3.63, 3.8) is 0 Å². The third-order valence-corrected chi connectivity index (χ3v) is 3.65. The number of piperidine rings is 1. The fourth-order valence-corrected chi connectivity index (χ4v) is 2.92. The maximum absolute atomic E-state index is 3.69. The molecule has 2 rings (SSSR count). The van der Waals surface area contributed by atoms with Crippen molar-refractivity contribution < 1.29 is 0 Å². The van der Waals surface area contributed by atoms with Gasteiger partial charge in [0.1, 0.15) is 0 Å². The largest absolute Gasteiger partial charge is 0.311 e. The minimum atomic E-state index is 0.836. The van der Waals surface area contributed by atoms with E-state index in [1.807, 2.05) is 0 Å². The molecule has 0 amide bonds. The van der Waals surface area contributed by atoms with Crippen molar-refractivity contribution >= 4 is 0 Å². The van der Waals surface area contributed by atoms with Gasteiger partial charge in [0.25, 0.3) is 0 Å². The molecule has 0 aliphatic carbocycles. The molecule has 0 aromatic heterocycles. The maximum atomic E-state index is 3.69. The van der Waals surface area contributed by atoms with E-state index in [9.17, 15) is 0 Å². The molecule has 0 radical (unpaired) electrons. The second-order valence-corrected chi connectivity index (χ2v) is 4.74. The fourth-order valence-electron chi connectivity index (χ4n) is 2.92. The van der Waals surface area contributed by atoms with Crippen molar-refractivity contribution in [1.29, 1.82) is 0 Å². The molecule has 2 nitrogen and oxygen atoms in total. The summed E-state index contributed by atoms with van der Waals surface area (Å²) in [7, 11) is 2.29. The summed E-state index contributed by atoms with van der Waals surface area (Å²) in [4.78, 5) is 2.56. The molecule has 2 aliphatic heterocycles. The molecule has 0 saturated carbocycles. The van der Waals surface area contributed by atoms with E-state index in [1.165, 1.54) is 38.6 Å². The van der Waals surface area contributed by atoms with E-state index >= 15 is 0 Å². The van der Waals surface area contributed by atoms with Gasteiger partial charge in [-0.25, -0.2) is 0 Å². The highest BCUT2D eigenvalue weighted by molar-refractivity contribution is 4.94. The summed E-state index contributed by atoms with van der Waals surface area (Å²) in [6.07, 6.45) is 6.89. The summed E-state index contributed by atoms with van der Waals surface area (Å²) in [6, 6.07) is 2.53. The summed E-state index contributed by atoms with van der Waals surface area (Å²) < 4.78 is 0. The molecular weight excluding hydrogens is 160 g/mol. The van der Waals surface area contributed by atoms with Crippen LogP contribution in [0.2, 0.25) is 0 Å². The Morgan fingerprint density at radius 2 is 1.85 bits per heavy atom. The quantitative estimate of drug-likeness (QED) is 0.713. The smallest absolute Gasteiger partial charge is 0.0122 e. The lowest BCUT2D eigenvalue weighted by molar-refractivity contribution is 0.173. The molecule has 0 aromatic rings. The highest BCUT2D eigenvalue weighted by Gasteiger charge is 2.34. The van der Waals surface area contributed by atoms with E-state index in [-0.39, 0.29) is 0 Å². The second kappa shape index (κ2) is 3.97. The molecule has 2 unspecified atom stereocenters. The van der Waals surface area contributed by atoms with Gasteiger partial charge in [0, 0.05) is 18.1 Å². The van der Waals surface area contributed by atoms with Gasteiger partial charge in [-0.15, -0.1) is 0 Å². The predicted molar refractivity (Wildman–Crippen MR) is 55.9 cm³/mol. The van der Waals surface area contributed by atoms with Crippen LogP contribution in [0.15, 0.2) is 0 Å². The molecule has 2 heteroatoms. The lowest BCUT2D eigenvalue weighted by Crippen LogP contribution is -2.47. The van der Waals surface area contributed by atoms with Crippen LogP contribution >= 0.6 is 0 Å². The first-order valence-corrected chi connectivity index (χ1v) is 5.76. The zero-order chi connectivity index (χ0) is 9.26. The van der Waals surface area contributed by atoms with Gasteiger partial charge in [-0.3, -0.25) is 0 Å². The predicted octanol–water partition coefficient (Wildman–Crippen LogP) is 1.61. The number of rotatable bonds is 3. The van der Waals surface area contributed by atoms with Gasteiger partial charge in [-0.2, -0.15) is 0 Å². The van der Waals surface area contributed by atoms with E-state index in [0.717, 1.165) is 18.1 Å². The Bertz CT molecular complexity index is 157. The fraction of sp³-hybridized carbons (Fsp3) is 1.00. The van der Waals surface area contributed by atoms with E-state index < -0.39 is 0 Å². The zero-order valence-corrected chi connectivity index (χ0v) is 8.92.